The molecule has 1 aromatic carbocycles. The fraction of sp³-hybridized carbons (Fsp3) is 0.357. The molecule has 2 aromatic rings. The van der Waals surface area contributed by atoms with E-state index in [1.54, 1.807) is 11.3 Å². The van der Waals surface area contributed by atoms with Gasteiger partial charge in [0.2, 0.25) is 0 Å². The largest absolute Gasteiger partial charge is 0.304 e. The molecule has 1 unspecified atom stereocenters. The predicted molar refractivity (Wildman–Crippen MR) is 78.2 cm³/mol. The van der Waals surface area contributed by atoms with Crippen LogP contribution in [-0.4, -0.2) is 4.98 Å². The smallest absolute Gasteiger partial charge is 0.109 e. The number of hydrogen-bond donors (Lipinski definition) is 1. The van der Waals surface area contributed by atoms with Crippen LogP contribution in [0.5, 0.6) is 0 Å². The number of aryl methyl sites for hydroxylation is 1. The highest BCUT2D eigenvalue weighted by Crippen LogP contribution is 2.21. The van der Waals surface area contributed by atoms with Gasteiger partial charge in [0.05, 0.1) is 6.04 Å². The van der Waals surface area contributed by atoms with Crippen molar-refractivity contribution in [2.24, 2.45) is 0 Å². The Balaban J connectivity index is 1.99. The molecule has 4 heteroatoms. The molecule has 0 fully saturated rings. The van der Waals surface area contributed by atoms with Crippen LogP contribution in [0.15, 0.2) is 29.8 Å². The van der Waals surface area contributed by atoms with Crippen molar-refractivity contribution >= 4 is 22.9 Å². The van der Waals surface area contributed by atoms with E-state index in [-0.39, 0.29) is 0 Å². The first-order valence-corrected chi connectivity index (χ1v) is 7.34. The van der Waals surface area contributed by atoms with Crippen LogP contribution < -0.4 is 5.32 Å². The van der Waals surface area contributed by atoms with Crippen LogP contribution in [0.2, 0.25) is 5.02 Å². The lowest BCUT2D eigenvalue weighted by Crippen LogP contribution is -2.20. The molecule has 0 bridgehead atoms. The number of rotatable bonds is 5. The Morgan fingerprint density at radius 2 is 2.28 bits per heavy atom. The number of hydrogen-bond acceptors (Lipinski definition) is 3. The van der Waals surface area contributed by atoms with Gasteiger partial charge in [-0.2, -0.15) is 0 Å². The summed E-state index contributed by atoms with van der Waals surface area (Å²) in [5.74, 6) is 0. The zero-order valence-electron chi connectivity index (χ0n) is 10.6. The SMILES string of the molecule is CCC(NCc1ccc(C)c(Cl)c1)c1nccs1. The molecule has 1 heterocycles. The highest BCUT2D eigenvalue weighted by Gasteiger charge is 2.11. The zero-order chi connectivity index (χ0) is 13.0. The molecule has 18 heavy (non-hydrogen) atoms. The molecule has 1 atom stereocenters. The summed E-state index contributed by atoms with van der Waals surface area (Å²) in [5.41, 5.74) is 2.33. The van der Waals surface area contributed by atoms with E-state index in [9.17, 15) is 0 Å². The van der Waals surface area contributed by atoms with Crippen LogP contribution >= 0.6 is 22.9 Å². The van der Waals surface area contributed by atoms with Crippen LogP contribution in [0, 0.1) is 6.92 Å². The molecule has 2 nitrogen and oxygen atoms in total. The molecule has 0 aliphatic heterocycles. The summed E-state index contributed by atoms with van der Waals surface area (Å²) < 4.78 is 0. The second-order valence-electron chi connectivity index (χ2n) is 4.30. The first kappa shape index (κ1) is 13.5. The van der Waals surface area contributed by atoms with E-state index >= 15 is 0 Å². The predicted octanol–water partition coefficient (Wildman–Crippen LogP) is 4.35. The fourth-order valence-corrected chi connectivity index (χ4v) is 2.80. The molecule has 2 rings (SSSR count). The molecule has 1 aromatic heterocycles. The molecule has 1 N–H and O–H groups in total. The summed E-state index contributed by atoms with van der Waals surface area (Å²) in [6.45, 7) is 5.00. The van der Waals surface area contributed by atoms with Crippen molar-refractivity contribution in [1.29, 1.82) is 0 Å². The van der Waals surface area contributed by atoms with Gasteiger partial charge in [-0.1, -0.05) is 30.7 Å². The van der Waals surface area contributed by atoms with E-state index in [0.29, 0.717) is 6.04 Å². The first-order chi connectivity index (χ1) is 8.70. The average molecular weight is 281 g/mol. The third-order valence-corrected chi connectivity index (χ3v) is 4.24. The van der Waals surface area contributed by atoms with Gasteiger partial charge in [-0.05, 0) is 30.5 Å². The summed E-state index contributed by atoms with van der Waals surface area (Å²) >= 11 is 7.82. The minimum Gasteiger partial charge on any atom is -0.304 e. The van der Waals surface area contributed by atoms with Gasteiger partial charge in [0.15, 0.2) is 0 Å². The van der Waals surface area contributed by atoms with Crippen molar-refractivity contribution in [2.75, 3.05) is 0 Å². The molecule has 96 valence electrons. The second-order valence-corrected chi connectivity index (χ2v) is 5.63. The number of halogens is 1. The van der Waals surface area contributed by atoms with Crippen molar-refractivity contribution < 1.29 is 0 Å². The van der Waals surface area contributed by atoms with Crippen LogP contribution in [0.1, 0.15) is 35.5 Å². The quantitative estimate of drug-likeness (QED) is 0.881. The third kappa shape index (κ3) is 3.31. The Hall–Kier alpha value is -0.900. The molecule has 0 spiro atoms. The summed E-state index contributed by atoms with van der Waals surface area (Å²) in [7, 11) is 0. The molecule has 0 aliphatic carbocycles. The minimum absolute atomic E-state index is 0.324. The molecular weight excluding hydrogens is 264 g/mol. The molecule has 0 saturated carbocycles. The maximum atomic E-state index is 6.12. The number of thiazole rings is 1. The Morgan fingerprint density at radius 3 is 2.89 bits per heavy atom. The summed E-state index contributed by atoms with van der Waals surface area (Å²) in [6.07, 6.45) is 2.89. The van der Waals surface area contributed by atoms with Gasteiger partial charge in [0.25, 0.3) is 0 Å². The van der Waals surface area contributed by atoms with Crippen LogP contribution in [-0.2, 0) is 6.54 Å². The third-order valence-electron chi connectivity index (χ3n) is 2.95. The summed E-state index contributed by atoms with van der Waals surface area (Å²) in [5, 5.41) is 7.52. The summed E-state index contributed by atoms with van der Waals surface area (Å²) in [6, 6.07) is 6.52. The summed E-state index contributed by atoms with van der Waals surface area (Å²) in [4.78, 5) is 4.36. The molecule has 0 amide bonds. The highest BCUT2D eigenvalue weighted by molar-refractivity contribution is 7.09. The molecule has 0 aliphatic rings. The van der Waals surface area contributed by atoms with Crippen molar-refractivity contribution in [3.8, 4) is 0 Å². The lowest BCUT2D eigenvalue weighted by Gasteiger charge is -2.14. The number of aromatic nitrogens is 1. The lowest BCUT2D eigenvalue weighted by atomic mass is 10.1. The maximum absolute atomic E-state index is 6.12. The Bertz CT molecular complexity index is 497. The van der Waals surface area contributed by atoms with Gasteiger partial charge in [0.1, 0.15) is 5.01 Å². The van der Waals surface area contributed by atoms with E-state index in [1.165, 1.54) is 5.56 Å². The highest BCUT2D eigenvalue weighted by atomic mass is 35.5. The van der Waals surface area contributed by atoms with Crippen LogP contribution in [0.25, 0.3) is 0 Å². The van der Waals surface area contributed by atoms with Crippen LogP contribution in [0.3, 0.4) is 0 Å². The molecule has 0 saturated heterocycles. The Labute approximate surface area is 117 Å². The molecule has 0 radical (unpaired) electrons. The topological polar surface area (TPSA) is 24.9 Å². The average Bonchev–Trinajstić information content (AvgIpc) is 2.88. The van der Waals surface area contributed by atoms with Gasteiger partial charge in [-0.25, -0.2) is 4.98 Å². The number of nitrogens with one attached hydrogen (secondary N) is 1. The minimum atomic E-state index is 0.324. The van der Waals surface area contributed by atoms with Gasteiger partial charge in [-0.15, -0.1) is 11.3 Å². The monoisotopic (exact) mass is 280 g/mol. The van der Waals surface area contributed by atoms with Crippen molar-refractivity contribution in [2.45, 2.75) is 32.9 Å². The Kier molecular flexibility index (Phi) is 4.75. The van der Waals surface area contributed by atoms with Gasteiger partial charge in [0, 0.05) is 23.1 Å². The van der Waals surface area contributed by atoms with Crippen molar-refractivity contribution in [3.63, 3.8) is 0 Å². The van der Waals surface area contributed by atoms with Gasteiger partial charge in [-0.3, -0.25) is 0 Å². The second kappa shape index (κ2) is 6.32. The Morgan fingerprint density at radius 1 is 1.44 bits per heavy atom. The first-order valence-electron chi connectivity index (χ1n) is 6.08. The van der Waals surface area contributed by atoms with E-state index in [2.05, 4.69) is 29.4 Å². The standard InChI is InChI=1S/C14H17ClN2S/c1-3-13(14-16-6-7-18-14)17-9-11-5-4-10(2)12(15)8-11/h4-8,13,17H,3,9H2,1-2H3. The zero-order valence-corrected chi connectivity index (χ0v) is 12.2. The lowest BCUT2D eigenvalue weighted by molar-refractivity contribution is 0.516. The van der Waals surface area contributed by atoms with Crippen LogP contribution in [0.4, 0.5) is 0 Å². The fourth-order valence-electron chi connectivity index (χ4n) is 1.80. The van der Waals surface area contributed by atoms with E-state index in [4.69, 9.17) is 11.6 Å². The van der Waals surface area contributed by atoms with Crippen molar-refractivity contribution in [1.82, 2.24) is 10.3 Å². The van der Waals surface area contributed by atoms with E-state index in [0.717, 1.165) is 28.6 Å². The molecular formula is C14H17ClN2S. The van der Waals surface area contributed by atoms with Gasteiger partial charge < -0.3 is 5.32 Å². The normalized spacial score (nSPS) is 12.6. The van der Waals surface area contributed by atoms with Crippen molar-refractivity contribution in [3.05, 3.63) is 50.9 Å². The van der Waals surface area contributed by atoms with Gasteiger partial charge >= 0.3 is 0 Å². The van der Waals surface area contributed by atoms with E-state index in [1.807, 2.05) is 24.6 Å². The van der Waals surface area contributed by atoms with E-state index < -0.39 is 0 Å². The number of benzene rings is 1. The number of nitrogens with zero attached hydrogens (tertiary/aromatic N) is 1. The maximum Gasteiger partial charge on any atom is 0.109 e.